The van der Waals surface area contributed by atoms with Crippen LogP contribution in [0.3, 0.4) is 0 Å². The number of benzene rings is 1. The highest BCUT2D eigenvalue weighted by Crippen LogP contribution is 2.31. The highest BCUT2D eigenvalue weighted by molar-refractivity contribution is 7.91. The minimum absolute atomic E-state index is 0.00605. The molecule has 0 radical (unpaired) electrons. The minimum atomic E-state index is -4.68. The van der Waals surface area contributed by atoms with Crippen LogP contribution in [0.4, 0.5) is 36.4 Å². The number of hydrogen-bond acceptors (Lipinski definition) is 3. The number of pyridine rings is 1. The maximum atomic E-state index is 14.4. The van der Waals surface area contributed by atoms with Crippen LogP contribution in [0.5, 0.6) is 0 Å². The third-order valence-electron chi connectivity index (χ3n) is 3.75. The van der Waals surface area contributed by atoms with Gasteiger partial charge in [-0.3, -0.25) is 4.98 Å². The molecule has 1 heterocycles. The second-order valence-corrected chi connectivity index (χ2v) is 7.85. The molecule has 0 fully saturated rings. The van der Waals surface area contributed by atoms with E-state index in [1.165, 1.54) is 25.9 Å². The number of aromatic nitrogens is 1. The third kappa shape index (κ3) is 6.08. The van der Waals surface area contributed by atoms with Gasteiger partial charge in [0.25, 0.3) is 0 Å². The second-order valence-electron chi connectivity index (χ2n) is 6.43. The standard InChI is InChI=1S/C18H16F7N3OS/c1-10-6-12(19)13(7-14(10)30(29)9-17(20,21)22)27-16(28(2)3)11-4-5-15(26-8-11)18(23,24)25/h4-8H,9H2,1-3H3/b27-16+. The Morgan fingerprint density at radius 2 is 1.77 bits per heavy atom. The van der Waals surface area contributed by atoms with E-state index in [9.17, 15) is 35.3 Å². The number of hydrogen-bond donors (Lipinski definition) is 0. The Balaban J connectivity index is 2.50. The summed E-state index contributed by atoms with van der Waals surface area (Å²) in [5.41, 5.74) is -1.37. The van der Waals surface area contributed by atoms with Gasteiger partial charge in [0, 0.05) is 37.5 Å². The fourth-order valence-corrected chi connectivity index (χ4v) is 3.54. The summed E-state index contributed by atoms with van der Waals surface area (Å²) in [6.45, 7) is 1.31. The van der Waals surface area contributed by atoms with E-state index >= 15 is 0 Å². The molecule has 0 aliphatic heterocycles. The van der Waals surface area contributed by atoms with E-state index in [1.54, 1.807) is 0 Å². The molecule has 2 rings (SSSR count). The molecule has 0 amide bonds. The monoisotopic (exact) mass is 455 g/mol. The number of rotatable bonds is 4. The largest absolute Gasteiger partial charge is 0.611 e. The summed E-state index contributed by atoms with van der Waals surface area (Å²) in [5, 5.41) is 0. The van der Waals surface area contributed by atoms with Crippen molar-refractivity contribution in [3.8, 4) is 0 Å². The van der Waals surface area contributed by atoms with Crippen LogP contribution >= 0.6 is 0 Å². The van der Waals surface area contributed by atoms with Crippen LogP contribution in [0, 0.1) is 12.7 Å². The summed E-state index contributed by atoms with van der Waals surface area (Å²) in [6.07, 6.45) is -8.43. The lowest BCUT2D eigenvalue weighted by atomic mass is 10.2. The molecule has 12 heteroatoms. The Labute approximate surface area is 170 Å². The first-order chi connectivity index (χ1) is 13.7. The SMILES string of the molecule is Cc1cc(F)c(/N=C(\c2ccc(C(F)(F)F)nc2)N(C)C)cc1[S+]([O-])CC(F)(F)F. The molecule has 0 spiro atoms. The third-order valence-corrected chi connectivity index (χ3v) is 5.27. The lowest BCUT2D eigenvalue weighted by molar-refractivity contribution is -0.141. The van der Waals surface area contributed by atoms with Gasteiger partial charge in [0.05, 0.1) is 0 Å². The molecule has 0 aliphatic rings. The fourth-order valence-electron chi connectivity index (χ4n) is 2.43. The maximum absolute atomic E-state index is 14.4. The lowest BCUT2D eigenvalue weighted by Crippen LogP contribution is -2.24. The van der Waals surface area contributed by atoms with Gasteiger partial charge in [-0.15, -0.1) is 0 Å². The van der Waals surface area contributed by atoms with Crippen LogP contribution in [0.2, 0.25) is 0 Å². The predicted octanol–water partition coefficient (Wildman–Crippen LogP) is 4.86. The molecule has 1 unspecified atom stereocenters. The number of aryl methyl sites for hydroxylation is 1. The molecule has 1 aromatic carbocycles. The van der Waals surface area contributed by atoms with Crippen molar-refractivity contribution in [2.24, 2.45) is 4.99 Å². The lowest BCUT2D eigenvalue weighted by Gasteiger charge is -2.18. The molecule has 0 N–H and O–H groups in total. The van der Waals surface area contributed by atoms with Crippen molar-refractivity contribution in [2.75, 3.05) is 19.8 Å². The Hall–Kier alpha value is -2.34. The molecule has 4 nitrogen and oxygen atoms in total. The molecule has 0 saturated heterocycles. The first-order valence-electron chi connectivity index (χ1n) is 8.24. The van der Waals surface area contributed by atoms with E-state index in [0.29, 0.717) is 0 Å². The number of halogens is 7. The molecular weight excluding hydrogens is 439 g/mol. The van der Waals surface area contributed by atoms with Crippen molar-refractivity contribution < 1.29 is 35.3 Å². The van der Waals surface area contributed by atoms with Crippen LogP contribution in [0.25, 0.3) is 0 Å². The van der Waals surface area contributed by atoms with E-state index in [1.807, 2.05) is 0 Å². The van der Waals surface area contributed by atoms with Crippen molar-refractivity contribution in [3.05, 3.63) is 53.1 Å². The van der Waals surface area contributed by atoms with Gasteiger partial charge < -0.3 is 9.45 Å². The van der Waals surface area contributed by atoms with Crippen LogP contribution in [0.15, 0.2) is 40.4 Å². The molecular formula is C18H16F7N3OS. The molecule has 0 bridgehead atoms. The zero-order valence-electron chi connectivity index (χ0n) is 15.9. The summed E-state index contributed by atoms with van der Waals surface area (Å²) < 4.78 is 102. The van der Waals surface area contributed by atoms with Crippen molar-refractivity contribution >= 4 is 22.7 Å². The molecule has 1 atom stereocenters. The van der Waals surface area contributed by atoms with E-state index in [0.717, 1.165) is 30.5 Å². The Bertz CT molecular complexity index is 925. The van der Waals surface area contributed by atoms with Crippen LogP contribution in [-0.4, -0.2) is 46.3 Å². The number of alkyl halides is 6. The van der Waals surface area contributed by atoms with E-state index < -0.39 is 46.5 Å². The predicted molar refractivity (Wildman–Crippen MR) is 97.6 cm³/mol. The summed E-state index contributed by atoms with van der Waals surface area (Å²) in [7, 11) is 2.98. The Morgan fingerprint density at radius 3 is 2.23 bits per heavy atom. The Morgan fingerprint density at radius 1 is 1.13 bits per heavy atom. The van der Waals surface area contributed by atoms with Gasteiger partial charge in [0.1, 0.15) is 23.0 Å². The quantitative estimate of drug-likeness (QED) is 0.287. The van der Waals surface area contributed by atoms with Gasteiger partial charge in [-0.05, 0) is 36.3 Å². The second kappa shape index (κ2) is 8.80. The van der Waals surface area contributed by atoms with Crippen molar-refractivity contribution in [1.29, 1.82) is 0 Å². The zero-order chi connectivity index (χ0) is 22.9. The summed E-state index contributed by atoms with van der Waals surface area (Å²) in [4.78, 5) is 8.48. The van der Waals surface area contributed by atoms with Gasteiger partial charge in [0.2, 0.25) is 5.75 Å². The fraction of sp³-hybridized carbons (Fsp3) is 0.333. The van der Waals surface area contributed by atoms with Crippen LogP contribution in [0.1, 0.15) is 16.8 Å². The van der Waals surface area contributed by atoms with E-state index in [4.69, 9.17) is 0 Å². The van der Waals surface area contributed by atoms with E-state index in [-0.39, 0.29) is 21.9 Å². The van der Waals surface area contributed by atoms with Crippen LogP contribution < -0.4 is 0 Å². The van der Waals surface area contributed by atoms with Gasteiger partial charge >= 0.3 is 12.4 Å². The van der Waals surface area contributed by atoms with Gasteiger partial charge in [-0.1, -0.05) is 0 Å². The minimum Gasteiger partial charge on any atom is -0.611 e. The van der Waals surface area contributed by atoms with E-state index in [2.05, 4.69) is 9.98 Å². The van der Waals surface area contributed by atoms with Crippen molar-refractivity contribution in [3.63, 3.8) is 0 Å². The smallest absolute Gasteiger partial charge is 0.433 e. The molecule has 164 valence electrons. The Kier molecular flexibility index (Phi) is 7.02. The van der Waals surface area contributed by atoms with Gasteiger partial charge in [-0.2, -0.15) is 26.3 Å². The molecule has 30 heavy (non-hydrogen) atoms. The molecule has 0 saturated carbocycles. The summed E-state index contributed by atoms with van der Waals surface area (Å²) in [5.74, 6) is -2.49. The average molecular weight is 455 g/mol. The topological polar surface area (TPSA) is 51.5 Å². The van der Waals surface area contributed by atoms with Crippen molar-refractivity contribution in [1.82, 2.24) is 9.88 Å². The first kappa shape index (κ1) is 23.9. The van der Waals surface area contributed by atoms with Crippen molar-refractivity contribution in [2.45, 2.75) is 24.2 Å². The average Bonchev–Trinajstić information content (AvgIpc) is 2.58. The zero-order valence-corrected chi connectivity index (χ0v) is 16.7. The molecule has 1 aromatic heterocycles. The highest BCUT2D eigenvalue weighted by Gasteiger charge is 2.36. The van der Waals surface area contributed by atoms with Gasteiger partial charge in [-0.25, -0.2) is 9.38 Å². The number of nitrogens with zero attached hydrogens (tertiary/aromatic N) is 3. The molecule has 2 aromatic rings. The van der Waals surface area contributed by atoms with Crippen LogP contribution in [-0.2, 0) is 17.4 Å². The number of amidine groups is 1. The van der Waals surface area contributed by atoms with Gasteiger partial charge in [0.15, 0.2) is 4.90 Å². The summed E-state index contributed by atoms with van der Waals surface area (Å²) in [6, 6.07) is 3.65. The first-order valence-corrected chi connectivity index (χ1v) is 9.56. The number of aliphatic imine (C=N–C) groups is 1. The normalized spacial score (nSPS) is 14.0. The maximum Gasteiger partial charge on any atom is 0.433 e. The highest BCUT2D eigenvalue weighted by atomic mass is 32.2. The summed E-state index contributed by atoms with van der Waals surface area (Å²) >= 11 is -2.48. The molecule has 0 aliphatic carbocycles.